The van der Waals surface area contributed by atoms with E-state index in [1.807, 2.05) is 0 Å². The topological polar surface area (TPSA) is 35.2 Å². The molecule has 0 saturated carbocycles. The fourth-order valence-corrected chi connectivity index (χ4v) is 1.58. The van der Waals surface area contributed by atoms with Gasteiger partial charge in [0, 0.05) is 5.56 Å². The van der Waals surface area contributed by atoms with E-state index in [-0.39, 0.29) is 4.99 Å². The number of nitrogens with two attached hydrogens (primary N) is 1. The SMILES string of the molecule is Cc1cc(C(N)=S)cc(C)c1OCC(F)F. The van der Waals surface area contributed by atoms with Gasteiger partial charge in [-0.3, -0.25) is 0 Å². The van der Waals surface area contributed by atoms with Crippen LogP contribution in [0.15, 0.2) is 12.1 Å². The van der Waals surface area contributed by atoms with Crippen molar-refractivity contribution in [2.45, 2.75) is 20.3 Å². The molecule has 2 N–H and O–H groups in total. The third-order valence-corrected chi connectivity index (χ3v) is 2.33. The van der Waals surface area contributed by atoms with Crippen molar-refractivity contribution >= 4 is 17.2 Å². The Bertz CT molecular complexity index is 384. The molecule has 0 aliphatic heterocycles. The Morgan fingerprint density at radius 1 is 1.38 bits per heavy atom. The Morgan fingerprint density at radius 3 is 2.25 bits per heavy atom. The molecule has 0 amide bonds. The molecule has 0 unspecified atom stereocenters. The van der Waals surface area contributed by atoms with Crippen molar-refractivity contribution in [2.24, 2.45) is 5.73 Å². The van der Waals surface area contributed by atoms with Gasteiger partial charge < -0.3 is 10.5 Å². The zero-order chi connectivity index (χ0) is 12.3. The molecule has 16 heavy (non-hydrogen) atoms. The van der Waals surface area contributed by atoms with E-state index in [0.29, 0.717) is 5.75 Å². The predicted octanol–water partition coefficient (Wildman–Crippen LogP) is 2.58. The van der Waals surface area contributed by atoms with E-state index in [1.165, 1.54) is 0 Å². The highest BCUT2D eigenvalue weighted by atomic mass is 32.1. The van der Waals surface area contributed by atoms with E-state index >= 15 is 0 Å². The molecule has 1 aromatic rings. The largest absolute Gasteiger partial charge is 0.487 e. The van der Waals surface area contributed by atoms with E-state index in [2.05, 4.69) is 0 Å². The van der Waals surface area contributed by atoms with Crippen LogP contribution in [-0.4, -0.2) is 18.0 Å². The lowest BCUT2D eigenvalue weighted by Gasteiger charge is -2.13. The molecular formula is C11H13F2NOS. The van der Waals surface area contributed by atoms with Crippen molar-refractivity contribution in [3.63, 3.8) is 0 Å². The summed E-state index contributed by atoms with van der Waals surface area (Å²) >= 11 is 4.85. The van der Waals surface area contributed by atoms with Gasteiger partial charge in [0.2, 0.25) is 0 Å². The van der Waals surface area contributed by atoms with Crippen LogP contribution < -0.4 is 10.5 Å². The maximum Gasteiger partial charge on any atom is 0.272 e. The van der Waals surface area contributed by atoms with Crippen molar-refractivity contribution in [1.82, 2.24) is 0 Å². The number of alkyl halides is 2. The number of hydrogen-bond donors (Lipinski definition) is 1. The van der Waals surface area contributed by atoms with Gasteiger partial charge in [-0.15, -0.1) is 0 Å². The van der Waals surface area contributed by atoms with Crippen molar-refractivity contribution in [3.8, 4) is 5.75 Å². The first kappa shape index (κ1) is 12.8. The zero-order valence-corrected chi connectivity index (χ0v) is 9.91. The molecule has 0 bridgehead atoms. The number of halogens is 2. The summed E-state index contributed by atoms with van der Waals surface area (Å²) < 4.78 is 29.1. The van der Waals surface area contributed by atoms with Gasteiger partial charge in [-0.05, 0) is 37.1 Å². The molecule has 1 aromatic carbocycles. The van der Waals surface area contributed by atoms with Crippen molar-refractivity contribution in [2.75, 3.05) is 6.61 Å². The molecule has 1 rings (SSSR count). The summed E-state index contributed by atoms with van der Waals surface area (Å²) in [6.07, 6.45) is -2.48. The molecule has 0 atom stereocenters. The summed E-state index contributed by atoms with van der Waals surface area (Å²) in [5.41, 5.74) is 7.72. The monoisotopic (exact) mass is 245 g/mol. The summed E-state index contributed by atoms with van der Waals surface area (Å²) in [5, 5.41) is 0. The van der Waals surface area contributed by atoms with E-state index < -0.39 is 13.0 Å². The average molecular weight is 245 g/mol. The Kier molecular flexibility index (Phi) is 4.18. The molecule has 0 fully saturated rings. The molecule has 0 radical (unpaired) electrons. The Balaban J connectivity index is 2.98. The summed E-state index contributed by atoms with van der Waals surface area (Å²) in [4.78, 5) is 0.284. The van der Waals surface area contributed by atoms with Crippen LogP contribution in [0.3, 0.4) is 0 Å². The second kappa shape index (κ2) is 5.21. The van der Waals surface area contributed by atoms with Gasteiger partial charge >= 0.3 is 0 Å². The predicted molar refractivity (Wildman–Crippen MR) is 63.3 cm³/mol. The highest BCUT2D eigenvalue weighted by molar-refractivity contribution is 7.80. The van der Waals surface area contributed by atoms with Crippen LogP contribution >= 0.6 is 12.2 Å². The van der Waals surface area contributed by atoms with Crippen LogP contribution in [0, 0.1) is 13.8 Å². The van der Waals surface area contributed by atoms with Crippen LogP contribution in [-0.2, 0) is 0 Å². The van der Waals surface area contributed by atoms with Crippen LogP contribution in [0.1, 0.15) is 16.7 Å². The highest BCUT2D eigenvalue weighted by Gasteiger charge is 2.10. The first-order chi connectivity index (χ1) is 7.41. The van der Waals surface area contributed by atoms with Crippen LogP contribution in [0.25, 0.3) is 0 Å². The minimum absolute atomic E-state index is 0.284. The molecule has 0 saturated heterocycles. The third kappa shape index (κ3) is 3.13. The molecular weight excluding hydrogens is 232 g/mol. The van der Waals surface area contributed by atoms with Gasteiger partial charge in [0.1, 0.15) is 17.3 Å². The van der Waals surface area contributed by atoms with Crippen molar-refractivity contribution < 1.29 is 13.5 Å². The van der Waals surface area contributed by atoms with E-state index in [0.717, 1.165) is 16.7 Å². The minimum Gasteiger partial charge on any atom is -0.487 e. The summed E-state index contributed by atoms with van der Waals surface area (Å²) in [6.45, 7) is 2.94. The van der Waals surface area contributed by atoms with Crippen LogP contribution in [0.2, 0.25) is 0 Å². The minimum atomic E-state index is -2.48. The van der Waals surface area contributed by atoms with E-state index in [4.69, 9.17) is 22.7 Å². The number of rotatable bonds is 4. The standard InChI is InChI=1S/C11H13F2NOS/c1-6-3-8(11(14)16)4-7(2)10(6)15-5-9(12)13/h3-4,9H,5H2,1-2H3,(H2,14,16). The van der Waals surface area contributed by atoms with E-state index in [1.54, 1.807) is 26.0 Å². The molecule has 0 heterocycles. The molecule has 2 nitrogen and oxygen atoms in total. The first-order valence-electron chi connectivity index (χ1n) is 4.73. The number of aryl methyl sites for hydroxylation is 2. The molecule has 0 aliphatic carbocycles. The van der Waals surface area contributed by atoms with Crippen LogP contribution in [0.5, 0.6) is 5.75 Å². The summed E-state index contributed by atoms with van der Waals surface area (Å²) in [7, 11) is 0. The van der Waals surface area contributed by atoms with Gasteiger partial charge in [-0.25, -0.2) is 8.78 Å². The van der Waals surface area contributed by atoms with Crippen LogP contribution in [0.4, 0.5) is 8.78 Å². The lowest BCUT2D eigenvalue weighted by molar-refractivity contribution is 0.0812. The number of thiocarbonyl (C=S) groups is 1. The second-order valence-corrected chi connectivity index (χ2v) is 3.95. The maximum atomic E-state index is 12.0. The molecule has 88 valence electrons. The van der Waals surface area contributed by atoms with Gasteiger partial charge in [0.15, 0.2) is 0 Å². The second-order valence-electron chi connectivity index (χ2n) is 3.51. The molecule has 5 heteroatoms. The molecule has 0 spiro atoms. The fraction of sp³-hybridized carbons (Fsp3) is 0.364. The van der Waals surface area contributed by atoms with E-state index in [9.17, 15) is 8.78 Å². The average Bonchev–Trinajstić information content (AvgIpc) is 2.15. The normalized spacial score (nSPS) is 10.6. The lowest BCUT2D eigenvalue weighted by Crippen LogP contribution is -2.12. The zero-order valence-electron chi connectivity index (χ0n) is 9.09. The summed E-state index contributed by atoms with van der Waals surface area (Å²) in [5.74, 6) is 0.473. The Morgan fingerprint density at radius 2 is 1.88 bits per heavy atom. The Hall–Kier alpha value is -1.23. The number of ether oxygens (including phenoxy) is 1. The third-order valence-electron chi connectivity index (χ3n) is 2.10. The maximum absolute atomic E-state index is 12.0. The van der Waals surface area contributed by atoms with Crippen molar-refractivity contribution in [1.29, 1.82) is 0 Å². The highest BCUT2D eigenvalue weighted by Crippen LogP contribution is 2.25. The van der Waals surface area contributed by atoms with Crippen molar-refractivity contribution in [3.05, 3.63) is 28.8 Å². The van der Waals surface area contributed by atoms with Gasteiger partial charge in [-0.1, -0.05) is 12.2 Å². The van der Waals surface area contributed by atoms with Gasteiger partial charge in [0.25, 0.3) is 6.43 Å². The first-order valence-corrected chi connectivity index (χ1v) is 5.14. The smallest absolute Gasteiger partial charge is 0.272 e. The quantitative estimate of drug-likeness (QED) is 0.828. The molecule has 0 aliphatic rings. The Labute approximate surface area is 98.4 Å². The summed E-state index contributed by atoms with van der Waals surface area (Å²) in [6, 6.07) is 3.46. The van der Waals surface area contributed by atoms with Gasteiger partial charge in [0.05, 0.1) is 0 Å². The number of hydrogen-bond acceptors (Lipinski definition) is 2. The number of benzene rings is 1. The lowest BCUT2D eigenvalue weighted by atomic mass is 10.1. The molecule has 0 aromatic heterocycles. The fourth-order valence-electron chi connectivity index (χ4n) is 1.47. The van der Waals surface area contributed by atoms with Gasteiger partial charge in [-0.2, -0.15) is 0 Å².